The van der Waals surface area contributed by atoms with Crippen LogP contribution >= 0.6 is 0 Å². The number of likely N-dealkylation sites (tertiary alicyclic amines) is 1. The van der Waals surface area contributed by atoms with Crippen molar-refractivity contribution in [2.75, 3.05) is 26.2 Å². The maximum atomic E-state index is 12.8. The number of aromatic nitrogens is 2. The number of hydrogen-bond donors (Lipinski definition) is 2. The summed E-state index contributed by atoms with van der Waals surface area (Å²) >= 11 is 0. The monoisotopic (exact) mass is 342 g/mol. The molecule has 1 atom stereocenters. The third kappa shape index (κ3) is 3.16. The Bertz CT molecular complexity index is 764. The zero-order valence-electron chi connectivity index (χ0n) is 14.6. The van der Waals surface area contributed by atoms with Crippen LogP contribution in [0.15, 0.2) is 24.3 Å². The van der Waals surface area contributed by atoms with Gasteiger partial charge in [0.2, 0.25) is 5.91 Å². The van der Waals surface area contributed by atoms with E-state index in [4.69, 9.17) is 0 Å². The number of carbonyl (C=O) groups is 1. The van der Waals surface area contributed by atoms with E-state index in [0.717, 1.165) is 43.6 Å². The molecule has 1 aromatic carbocycles. The minimum absolute atomic E-state index is 0.110. The minimum atomic E-state index is -0.110. The predicted molar refractivity (Wildman–Crippen MR) is 96.0 cm³/mol. The van der Waals surface area contributed by atoms with Gasteiger partial charge in [-0.25, -0.2) is 4.98 Å². The molecule has 1 amide bonds. The van der Waals surface area contributed by atoms with E-state index >= 15 is 0 Å². The first-order valence-corrected chi connectivity index (χ1v) is 9.24. The molecular formula is C19H26N4O2. The summed E-state index contributed by atoms with van der Waals surface area (Å²) in [7, 11) is 0. The van der Waals surface area contributed by atoms with Gasteiger partial charge in [0.25, 0.3) is 0 Å². The van der Waals surface area contributed by atoms with Gasteiger partial charge < -0.3 is 19.9 Å². The Morgan fingerprint density at radius 3 is 3.00 bits per heavy atom. The number of imidazole rings is 1. The molecule has 2 saturated heterocycles. The Labute approximate surface area is 147 Å². The van der Waals surface area contributed by atoms with E-state index in [2.05, 4.69) is 10.3 Å². The van der Waals surface area contributed by atoms with Gasteiger partial charge in [0, 0.05) is 38.0 Å². The van der Waals surface area contributed by atoms with Crippen LogP contribution in [0.25, 0.3) is 11.0 Å². The highest BCUT2D eigenvalue weighted by molar-refractivity contribution is 5.78. The van der Waals surface area contributed by atoms with Gasteiger partial charge in [0.05, 0.1) is 11.0 Å². The van der Waals surface area contributed by atoms with Crippen molar-refractivity contribution in [3.05, 3.63) is 30.1 Å². The second kappa shape index (κ2) is 6.77. The zero-order chi connectivity index (χ0) is 17.3. The number of nitrogens with one attached hydrogen (secondary N) is 1. The molecule has 0 bridgehead atoms. The smallest absolute Gasteiger partial charge is 0.224 e. The predicted octanol–water partition coefficient (Wildman–Crippen LogP) is 1.52. The number of benzene rings is 1. The molecule has 0 aliphatic carbocycles. The fourth-order valence-electron chi connectivity index (χ4n) is 4.43. The van der Waals surface area contributed by atoms with Crippen molar-refractivity contribution in [2.45, 2.75) is 38.8 Å². The molecule has 2 aliphatic rings. The molecule has 0 radical (unpaired) electrons. The van der Waals surface area contributed by atoms with Crippen molar-refractivity contribution in [3.63, 3.8) is 0 Å². The van der Waals surface area contributed by atoms with E-state index in [9.17, 15) is 9.90 Å². The van der Waals surface area contributed by atoms with Crippen LogP contribution < -0.4 is 5.32 Å². The lowest BCUT2D eigenvalue weighted by Gasteiger charge is -2.40. The third-order valence-electron chi connectivity index (χ3n) is 5.77. The van der Waals surface area contributed by atoms with E-state index < -0.39 is 0 Å². The number of aliphatic hydroxyl groups is 1. The van der Waals surface area contributed by atoms with Crippen LogP contribution in [0, 0.1) is 5.41 Å². The number of nitrogens with zero attached hydrogens (tertiary/aromatic N) is 3. The Morgan fingerprint density at radius 2 is 2.20 bits per heavy atom. The van der Waals surface area contributed by atoms with Gasteiger partial charge in [-0.1, -0.05) is 12.1 Å². The van der Waals surface area contributed by atoms with Gasteiger partial charge >= 0.3 is 0 Å². The van der Waals surface area contributed by atoms with E-state index in [1.54, 1.807) is 0 Å². The fraction of sp³-hybridized carbons (Fsp3) is 0.579. The molecule has 1 aromatic heterocycles. The Balaban J connectivity index is 1.45. The summed E-state index contributed by atoms with van der Waals surface area (Å²) in [5.74, 6) is 0.844. The van der Waals surface area contributed by atoms with E-state index in [1.165, 1.54) is 12.8 Å². The van der Waals surface area contributed by atoms with E-state index in [-0.39, 0.29) is 12.5 Å². The highest BCUT2D eigenvalue weighted by atomic mass is 16.3. The largest absolute Gasteiger partial charge is 0.388 e. The highest BCUT2D eigenvalue weighted by Gasteiger charge is 2.39. The summed E-state index contributed by atoms with van der Waals surface area (Å²) in [6, 6.07) is 7.83. The van der Waals surface area contributed by atoms with Crippen LogP contribution in [0.2, 0.25) is 0 Å². The number of amides is 1. The van der Waals surface area contributed by atoms with Gasteiger partial charge in [-0.3, -0.25) is 4.79 Å². The maximum Gasteiger partial charge on any atom is 0.224 e. The lowest BCUT2D eigenvalue weighted by Crippen LogP contribution is -2.47. The number of piperidine rings is 1. The Hall–Kier alpha value is -1.92. The molecule has 1 unspecified atom stereocenters. The van der Waals surface area contributed by atoms with E-state index in [1.807, 2.05) is 33.7 Å². The number of rotatable bonds is 4. The molecule has 3 heterocycles. The second-order valence-electron chi connectivity index (χ2n) is 7.42. The van der Waals surface area contributed by atoms with Gasteiger partial charge in [0.15, 0.2) is 0 Å². The molecule has 2 N–H and O–H groups in total. The van der Waals surface area contributed by atoms with Crippen molar-refractivity contribution in [3.8, 4) is 0 Å². The SMILES string of the molecule is O=C(CCn1c(CO)nc2ccccc21)N1CCCC2(CCNC2)C1. The lowest BCUT2D eigenvalue weighted by atomic mass is 9.79. The lowest BCUT2D eigenvalue weighted by molar-refractivity contribution is -0.134. The second-order valence-corrected chi connectivity index (χ2v) is 7.42. The van der Waals surface area contributed by atoms with Gasteiger partial charge in [-0.05, 0) is 37.9 Å². The zero-order valence-corrected chi connectivity index (χ0v) is 14.6. The molecule has 6 nitrogen and oxygen atoms in total. The number of aliphatic hydroxyl groups excluding tert-OH is 1. The summed E-state index contributed by atoms with van der Waals surface area (Å²) in [6.45, 7) is 4.33. The van der Waals surface area contributed by atoms with Gasteiger partial charge in [-0.2, -0.15) is 0 Å². The summed E-state index contributed by atoms with van der Waals surface area (Å²) in [5, 5.41) is 13.0. The molecular weight excluding hydrogens is 316 g/mol. The highest BCUT2D eigenvalue weighted by Crippen LogP contribution is 2.35. The van der Waals surface area contributed by atoms with Crippen molar-refractivity contribution < 1.29 is 9.90 Å². The minimum Gasteiger partial charge on any atom is -0.388 e. The molecule has 2 fully saturated rings. The Kier molecular flexibility index (Phi) is 4.48. The summed E-state index contributed by atoms with van der Waals surface area (Å²) in [5.41, 5.74) is 2.15. The standard InChI is InChI=1S/C19H26N4O2/c24-12-17-21-15-4-1-2-5-16(15)23(17)11-6-18(25)22-10-3-7-19(14-22)8-9-20-13-19/h1-2,4-5,20,24H,3,6-14H2. The van der Waals surface area contributed by atoms with Crippen LogP contribution in [0.1, 0.15) is 31.5 Å². The molecule has 0 saturated carbocycles. The van der Waals surface area contributed by atoms with Crippen LogP contribution in [0.5, 0.6) is 0 Å². The number of carbonyl (C=O) groups excluding carboxylic acids is 1. The average molecular weight is 342 g/mol. The average Bonchev–Trinajstić information content (AvgIpc) is 3.24. The number of hydrogen-bond acceptors (Lipinski definition) is 4. The Morgan fingerprint density at radius 1 is 1.32 bits per heavy atom. The molecule has 25 heavy (non-hydrogen) atoms. The van der Waals surface area contributed by atoms with Crippen LogP contribution in [0.3, 0.4) is 0 Å². The summed E-state index contributed by atoms with van der Waals surface area (Å²) < 4.78 is 1.98. The number of fused-ring (bicyclic) bond motifs is 1. The first-order valence-electron chi connectivity index (χ1n) is 9.24. The van der Waals surface area contributed by atoms with Crippen molar-refractivity contribution in [1.82, 2.24) is 19.8 Å². The molecule has 2 aliphatic heterocycles. The molecule has 4 rings (SSSR count). The molecule has 134 valence electrons. The first kappa shape index (κ1) is 16.5. The van der Waals surface area contributed by atoms with Crippen LogP contribution in [-0.4, -0.2) is 51.6 Å². The quantitative estimate of drug-likeness (QED) is 0.884. The fourth-order valence-corrected chi connectivity index (χ4v) is 4.43. The van der Waals surface area contributed by atoms with Crippen molar-refractivity contribution >= 4 is 16.9 Å². The third-order valence-corrected chi connectivity index (χ3v) is 5.77. The first-order chi connectivity index (χ1) is 12.2. The maximum absolute atomic E-state index is 12.8. The van der Waals surface area contributed by atoms with Gasteiger partial charge in [-0.15, -0.1) is 0 Å². The van der Waals surface area contributed by atoms with Crippen molar-refractivity contribution in [2.24, 2.45) is 5.41 Å². The van der Waals surface area contributed by atoms with E-state index in [0.29, 0.717) is 24.2 Å². The molecule has 6 heteroatoms. The topological polar surface area (TPSA) is 70.4 Å². The molecule has 1 spiro atoms. The number of aryl methyl sites for hydroxylation is 1. The van der Waals surface area contributed by atoms with Gasteiger partial charge in [0.1, 0.15) is 12.4 Å². The summed E-state index contributed by atoms with van der Waals surface area (Å²) in [6.07, 6.45) is 3.96. The van der Waals surface area contributed by atoms with Crippen LogP contribution in [-0.2, 0) is 17.9 Å². The molecule has 2 aromatic rings. The summed E-state index contributed by atoms with van der Waals surface area (Å²) in [4.78, 5) is 19.3. The van der Waals surface area contributed by atoms with Crippen LogP contribution in [0.4, 0.5) is 0 Å². The normalized spacial score (nSPS) is 23.6. The number of para-hydroxylation sites is 2. The van der Waals surface area contributed by atoms with Crippen molar-refractivity contribution in [1.29, 1.82) is 0 Å².